The fourth-order valence-corrected chi connectivity index (χ4v) is 4.76. The van der Waals surface area contributed by atoms with Gasteiger partial charge in [0.1, 0.15) is 23.2 Å². The lowest BCUT2D eigenvalue weighted by atomic mass is 10.1. The van der Waals surface area contributed by atoms with Crippen molar-refractivity contribution in [1.82, 2.24) is 9.91 Å². The van der Waals surface area contributed by atoms with Crippen molar-refractivity contribution in [2.24, 2.45) is 10.1 Å². The Kier molecular flexibility index (Phi) is 6.45. The summed E-state index contributed by atoms with van der Waals surface area (Å²) in [5.74, 6) is -0.268. The van der Waals surface area contributed by atoms with E-state index in [1.165, 1.54) is 17.1 Å². The van der Waals surface area contributed by atoms with Gasteiger partial charge in [0.2, 0.25) is 11.1 Å². The first-order valence-electron chi connectivity index (χ1n) is 11.2. The highest BCUT2D eigenvalue weighted by atomic mass is 32.2. The van der Waals surface area contributed by atoms with Crippen molar-refractivity contribution in [2.75, 3.05) is 13.1 Å². The number of amidine groups is 2. The van der Waals surface area contributed by atoms with E-state index in [9.17, 15) is 14.0 Å². The maximum absolute atomic E-state index is 13.0. The summed E-state index contributed by atoms with van der Waals surface area (Å²) in [4.78, 5) is 31.0. The van der Waals surface area contributed by atoms with Crippen LogP contribution in [0, 0.1) is 11.2 Å². The molecule has 35 heavy (non-hydrogen) atoms. The van der Waals surface area contributed by atoms with Gasteiger partial charge in [0.15, 0.2) is 5.84 Å². The molecule has 5 rings (SSSR count). The molecule has 1 saturated heterocycles. The molecule has 0 radical (unpaired) electrons. The molecule has 3 aliphatic heterocycles. The number of carbonyl (C=O) groups excluding carboxylic acids is 2. The minimum atomic E-state index is -0.521. The van der Waals surface area contributed by atoms with Crippen LogP contribution >= 0.6 is 11.8 Å². The lowest BCUT2D eigenvalue weighted by Gasteiger charge is -2.20. The van der Waals surface area contributed by atoms with Crippen LogP contribution in [0.2, 0.25) is 0 Å². The van der Waals surface area contributed by atoms with Gasteiger partial charge in [-0.05, 0) is 66.1 Å². The molecule has 10 heteroatoms. The quantitative estimate of drug-likeness (QED) is 0.615. The highest BCUT2D eigenvalue weighted by Crippen LogP contribution is 2.30. The average molecular weight is 492 g/mol. The molecule has 2 aromatic carbocycles. The van der Waals surface area contributed by atoms with Crippen molar-refractivity contribution in [3.63, 3.8) is 0 Å². The number of aliphatic imine (C=N–C) groups is 1. The van der Waals surface area contributed by atoms with E-state index >= 15 is 0 Å². The van der Waals surface area contributed by atoms with Gasteiger partial charge in [-0.3, -0.25) is 15.0 Å². The third-order valence-electron chi connectivity index (χ3n) is 5.77. The van der Waals surface area contributed by atoms with E-state index in [1.54, 1.807) is 42.5 Å². The highest BCUT2D eigenvalue weighted by molar-refractivity contribution is 8.27. The van der Waals surface area contributed by atoms with Crippen LogP contribution in [-0.4, -0.2) is 50.9 Å². The van der Waals surface area contributed by atoms with Gasteiger partial charge in [0.05, 0.1) is 12.0 Å². The van der Waals surface area contributed by atoms with Gasteiger partial charge in [0.25, 0.3) is 5.91 Å². The van der Waals surface area contributed by atoms with E-state index in [-0.39, 0.29) is 29.6 Å². The summed E-state index contributed by atoms with van der Waals surface area (Å²) in [6.45, 7) is 1.83. The second-order valence-electron chi connectivity index (χ2n) is 8.26. The van der Waals surface area contributed by atoms with Crippen molar-refractivity contribution >= 4 is 45.7 Å². The average Bonchev–Trinajstić information content (AvgIpc) is 3.53. The number of likely N-dealkylation sites (tertiary alicyclic amines) is 1. The van der Waals surface area contributed by atoms with Crippen LogP contribution in [0.15, 0.2) is 64.2 Å². The predicted octanol–water partition coefficient (Wildman–Crippen LogP) is 4.04. The third kappa shape index (κ3) is 5.17. The molecule has 0 saturated carbocycles. The number of carbonyl (C=O) groups is 2. The van der Waals surface area contributed by atoms with Crippen LogP contribution in [0.4, 0.5) is 4.39 Å². The molecule has 8 nitrogen and oxygen atoms in total. The first-order valence-corrected chi connectivity index (χ1v) is 12.0. The van der Waals surface area contributed by atoms with E-state index in [0.29, 0.717) is 28.1 Å². The number of hydrogen-bond donors (Lipinski definition) is 1. The first kappa shape index (κ1) is 23.0. The van der Waals surface area contributed by atoms with Gasteiger partial charge in [-0.15, -0.1) is 0 Å². The summed E-state index contributed by atoms with van der Waals surface area (Å²) in [5.41, 5.74) is 1.66. The number of thioether (sulfide) groups is 1. The molecular weight excluding hydrogens is 469 g/mol. The lowest BCUT2D eigenvalue weighted by molar-refractivity contribution is -0.128. The SMILES string of the molecule is N=C1C(=Cc2ccc(OCc3ccc(F)cc3)cc2)C(=O)N=C2SC(CC(=O)N3CCCC3)=NN12. The van der Waals surface area contributed by atoms with Crippen LogP contribution in [0.25, 0.3) is 6.08 Å². The number of hydrazone groups is 1. The summed E-state index contributed by atoms with van der Waals surface area (Å²) in [5, 5.41) is 15.0. The molecule has 0 spiro atoms. The largest absolute Gasteiger partial charge is 0.489 e. The van der Waals surface area contributed by atoms with E-state index in [2.05, 4.69) is 10.1 Å². The molecule has 2 amide bonds. The van der Waals surface area contributed by atoms with Gasteiger partial charge >= 0.3 is 0 Å². The molecule has 0 unspecified atom stereocenters. The van der Waals surface area contributed by atoms with Gasteiger partial charge in [0, 0.05) is 13.1 Å². The Morgan fingerprint density at radius 3 is 2.54 bits per heavy atom. The summed E-state index contributed by atoms with van der Waals surface area (Å²) < 4.78 is 18.7. The molecule has 3 aliphatic rings. The minimum absolute atomic E-state index is 0.00422. The molecule has 3 heterocycles. The first-order chi connectivity index (χ1) is 17.0. The molecule has 1 fully saturated rings. The minimum Gasteiger partial charge on any atom is -0.489 e. The third-order valence-corrected chi connectivity index (χ3v) is 6.68. The van der Waals surface area contributed by atoms with Crippen LogP contribution < -0.4 is 4.74 Å². The number of benzene rings is 2. The van der Waals surface area contributed by atoms with Crippen molar-refractivity contribution < 1.29 is 18.7 Å². The number of amides is 2. The molecule has 0 atom stereocenters. The van der Waals surface area contributed by atoms with Crippen LogP contribution in [0.3, 0.4) is 0 Å². The number of nitrogens with zero attached hydrogens (tertiary/aromatic N) is 4. The Bertz CT molecular complexity index is 1270. The van der Waals surface area contributed by atoms with Crippen molar-refractivity contribution in [3.8, 4) is 5.75 Å². The molecule has 2 aromatic rings. The fraction of sp³-hybridized carbons (Fsp3) is 0.240. The topological polar surface area (TPSA) is 98.4 Å². The monoisotopic (exact) mass is 491 g/mol. The number of rotatable bonds is 6. The Morgan fingerprint density at radius 1 is 1.11 bits per heavy atom. The molecule has 0 aromatic heterocycles. The van der Waals surface area contributed by atoms with Crippen LogP contribution in [0.5, 0.6) is 5.75 Å². The zero-order chi connectivity index (χ0) is 24.4. The van der Waals surface area contributed by atoms with E-state index in [4.69, 9.17) is 10.1 Å². The van der Waals surface area contributed by atoms with Crippen molar-refractivity contribution in [3.05, 3.63) is 71.0 Å². The maximum Gasteiger partial charge on any atom is 0.283 e. The zero-order valence-electron chi connectivity index (χ0n) is 18.7. The Balaban J connectivity index is 1.25. The Labute approximate surface area is 205 Å². The number of hydrogen-bond acceptors (Lipinski definition) is 6. The Morgan fingerprint density at radius 2 is 1.83 bits per heavy atom. The summed E-state index contributed by atoms with van der Waals surface area (Å²) >= 11 is 1.16. The van der Waals surface area contributed by atoms with Crippen LogP contribution in [0.1, 0.15) is 30.4 Å². The lowest BCUT2D eigenvalue weighted by Crippen LogP contribution is -2.35. The van der Waals surface area contributed by atoms with Gasteiger partial charge in [-0.1, -0.05) is 24.3 Å². The standard InChI is InChI=1S/C25H22FN5O3S/c26-18-7-3-17(4-8-18)15-34-19-9-5-16(6-10-19)13-20-23(27)31-25(28-24(20)33)35-21(29-31)14-22(32)30-11-1-2-12-30/h3-10,13,27H,1-2,11-12,14-15H2. The Hall–Kier alpha value is -3.79. The van der Waals surface area contributed by atoms with Gasteiger partial charge < -0.3 is 9.64 Å². The number of nitrogens with one attached hydrogen (secondary N) is 1. The fourth-order valence-electron chi connectivity index (χ4n) is 3.89. The summed E-state index contributed by atoms with van der Waals surface area (Å²) in [7, 11) is 0. The van der Waals surface area contributed by atoms with E-state index < -0.39 is 5.91 Å². The molecule has 0 bridgehead atoms. The molecule has 1 N–H and O–H groups in total. The smallest absolute Gasteiger partial charge is 0.283 e. The summed E-state index contributed by atoms with van der Waals surface area (Å²) in [6.07, 6.45) is 3.75. The van der Waals surface area contributed by atoms with Crippen molar-refractivity contribution in [2.45, 2.75) is 25.9 Å². The number of ether oxygens (including phenoxy) is 1. The second-order valence-corrected chi connectivity index (χ2v) is 9.30. The predicted molar refractivity (Wildman–Crippen MR) is 133 cm³/mol. The van der Waals surface area contributed by atoms with Gasteiger partial charge in [-0.25, -0.2) is 4.39 Å². The van der Waals surface area contributed by atoms with E-state index in [0.717, 1.165) is 43.3 Å². The van der Waals surface area contributed by atoms with Gasteiger partial charge in [-0.2, -0.15) is 15.1 Å². The highest BCUT2D eigenvalue weighted by Gasteiger charge is 2.36. The van der Waals surface area contributed by atoms with Crippen LogP contribution in [-0.2, 0) is 16.2 Å². The van der Waals surface area contributed by atoms with Crippen molar-refractivity contribution in [1.29, 1.82) is 5.41 Å². The molecule has 0 aliphatic carbocycles. The zero-order valence-corrected chi connectivity index (χ0v) is 19.6. The normalized spacial score (nSPS) is 18.6. The second kappa shape index (κ2) is 9.83. The molecule has 178 valence electrons. The maximum atomic E-state index is 13.0. The number of halogens is 1. The summed E-state index contributed by atoms with van der Waals surface area (Å²) in [6, 6.07) is 13.2. The molecular formula is C25H22FN5O3S. The van der Waals surface area contributed by atoms with E-state index in [1.807, 2.05) is 4.90 Å². The number of fused-ring (bicyclic) bond motifs is 1.